The first kappa shape index (κ1) is 13.5. The number of rotatable bonds is 7. The molecule has 0 saturated carbocycles. The third-order valence-electron chi connectivity index (χ3n) is 2.85. The van der Waals surface area contributed by atoms with Crippen LogP contribution in [-0.2, 0) is 0 Å². The summed E-state index contributed by atoms with van der Waals surface area (Å²) in [5.74, 6) is 0. The molecule has 0 amide bonds. The lowest BCUT2D eigenvalue weighted by molar-refractivity contribution is 0.501. The van der Waals surface area contributed by atoms with E-state index in [1.165, 1.54) is 24.8 Å². The summed E-state index contributed by atoms with van der Waals surface area (Å²) < 4.78 is 0. The molecule has 1 aromatic carbocycles. The third kappa shape index (κ3) is 4.54. The molecule has 1 nitrogen and oxygen atoms in total. The van der Waals surface area contributed by atoms with Crippen molar-refractivity contribution in [1.29, 1.82) is 0 Å². The van der Waals surface area contributed by atoms with Gasteiger partial charge >= 0.3 is 0 Å². The first-order valence-corrected chi connectivity index (χ1v) is 6.64. The first-order valence-electron chi connectivity index (χ1n) is 6.26. The van der Waals surface area contributed by atoms with Crippen molar-refractivity contribution in [3.8, 4) is 0 Å². The van der Waals surface area contributed by atoms with E-state index in [-0.39, 0.29) is 0 Å². The highest BCUT2D eigenvalue weighted by Gasteiger charge is 2.07. The summed E-state index contributed by atoms with van der Waals surface area (Å²) in [6, 6.07) is 8.63. The maximum absolute atomic E-state index is 5.88. The average molecular weight is 240 g/mol. The summed E-state index contributed by atoms with van der Waals surface area (Å²) >= 11 is 5.88. The van der Waals surface area contributed by atoms with Crippen LogP contribution in [0.5, 0.6) is 0 Å². The number of nitrogens with one attached hydrogen (secondary N) is 1. The van der Waals surface area contributed by atoms with Gasteiger partial charge in [-0.2, -0.15) is 0 Å². The van der Waals surface area contributed by atoms with E-state index < -0.39 is 0 Å². The quantitative estimate of drug-likeness (QED) is 0.688. The highest BCUT2D eigenvalue weighted by atomic mass is 35.5. The zero-order valence-electron chi connectivity index (χ0n) is 10.3. The summed E-state index contributed by atoms with van der Waals surface area (Å²) in [6.45, 7) is 5.55. The van der Waals surface area contributed by atoms with Crippen molar-refractivity contribution in [3.05, 3.63) is 34.9 Å². The Hall–Kier alpha value is -0.530. The standard InChI is InChI=1S/C14H22ClN/c1-3-5-6-11-16-14(4-2)12-7-9-13(15)10-8-12/h7-10,14,16H,3-6,11H2,1-2H3. The lowest BCUT2D eigenvalue weighted by Gasteiger charge is -2.17. The molecule has 1 aromatic rings. The van der Waals surface area contributed by atoms with Crippen LogP contribution in [0.15, 0.2) is 24.3 Å². The largest absolute Gasteiger partial charge is 0.310 e. The van der Waals surface area contributed by atoms with Crippen molar-refractivity contribution < 1.29 is 0 Å². The van der Waals surface area contributed by atoms with Crippen LogP contribution in [0.3, 0.4) is 0 Å². The van der Waals surface area contributed by atoms with Gasteiger partial charge < -0.3 is 5.32 Å². The molecule has 0 aliphatic heterocycles. The number of halogens is 1. The molecule has 2 heteroatoms. The Labute approximate surface area is 104 Å². The van der Waals surface area contributed by atoms with E-state index in [1.54, 1.807) is 0 Å². The van der Waals surface area contributed by atoms with Crippen LogP contribution < -0.4 is 5.32 Å². The normalized spacial score (nSPS) is 12.7. The van der Waals surface area contributed by atoms with Gasteiger partial charge in [0.25, 0.3) is 0 Å². The van der Waals surface area contributed by atoms with Gasteiger partial charge in [-0.15, -0.1) is 0 Å². The third-order valence-corrected chi connectivity index (χ3v) is 3.10. The number of hydrogen-bond acceptors (Lipinski definition) is 1. The van der Waals surface area contributed by atoms with Gasteiger partial charge in [0.1, 0.15) is 0 Å². The van der Waals surface area contributed by atoms with E-state index in [2.05, 4.69) is 31.3 Å². The van der Waals surface area contributed by atoms with E-state index in [4.69, 9.17) is 11.6 Å². The van der Waals surface area contributed by atoms with Crippen LogP contribution in [-0.4, -0.2) is 6.54 Å². The van der Waals surface area contributed by atoms with E-state index in [9.17, 15) is 0 Å². The molecule has 0 spiro atoms. The van der Waals surface area contributed by atoms with Crippen molar-refractivity contribution in [2.75, 3.05) is 6.54 Å². The summed E-state index contributed by atoms with van der Waals surface area (Å²) in [6.07, 6.45) is 4.97. The van der Waals surface area contributed by atoms with Gasteiger partial charge in [0.05, 0.1) is 0 Å². The minimum absolute atomic E-state index is 0.467. The second-order valence-corrected chi connectivity index (χ2v) is 4.61. The monoisotopic (exact) mass is 239 g/mol. The molecule has 1 N–H and O–H groups in total. The number of unbranched alkanes of at least 4 members (excludes halogenated alkanes) is 2. The fourth-order valence-electron chi connectivity index (χ4n) is 1.84. The van der Waals surface area contributed by atoms with Crippen LogP contribution in [0, 0.1) is 0 Å². The van der Waals surface area contributed by atoms with Crippen LogP contribution >= 0.6 is 11.6 Å². The Bertz CT molecular complexity index is 281. The van der Waals surface area contributed by atoms with Crippen molar-refractivity contribution in [2.45, 2.75) is 45.6 Å². The molecule has 0 aliphatic rings. The van der Waals surface area contributed by atoms with Crippen molar-refractivity contribution in [2.24, 2.45) is 0 Å². The highest BCUT2D eigenvalue weighted by Crippen LogP contribution is 2.19. The van der Waals surface area contributed by atoms with Crippen LogP contribution in [0.25, 0.3) is 0 Å². The molecule has 0 radical (unpaired) electrons. The predicted octanol–water partition coefficient (Wildman–Crippen LogP) is 4.57. The molecular formula is C14H22ClN. The fraction of sp³-hybridized carbons (Fsp3) is 0.571. The number of benzene rings is 1. The molecule has 0 heterocycles. The highest BCUT2D eigenvalue weighted by molar-refractivity contribution is 6.30. The first-order chi connectivity index (χ1) is 7.77. The zero-order chi connectivity index (χ0) is 11.8. The van der Waals surface area contributed by atoms with Gasteiger partial charge in [-0.3, -0.25) is 0 Å². The fourth-order valence-corrected chi connectivity index (χ4v) is 1.97. The lowest BCUT2D eigenvalue weighted by Crippen LogP contribution is -2.21. The molecule has 0 fully saturated rings. The van der Waals surface area contributed by atoms with Crippen LogP contribution in [0.2, 0.25) is 5.02 Å². The molecule has 0 bridgehead atoms. The lowest BCUT2D eigenvalue weighted by atomic mass is 10.0. The second kappa shape index (κ2) is 7.70. The Morgan fingerprint density at radius 2 is 1.81 bits per heavy atom. The Kier molecular flexibility index (Phi) is 6.51. The van der Waals surface area contributed by atoms with Gasteiger partial charge in [0.2, 0.25) is 0 Å². The average Bonchev–Trinajstić information content (AvgIpc) is 2.31. The molecular weight excluding hydrogens is 218 g/mol. The zero-order valence-corrected chi connectivity index (χ0v) is 11.1. The maximum atomic E-state index is 5.88. The molecule has 1 unspecified atom stereocenters. The van der Waals surface area contributed by atoms with Gasteiger partial charge in [0, 0.05) is 11.1 Å². The van der Waals surface area contributed by atoms with Gasteiger partial charge in [-0.05, 0) is 37.1 Å². The van der Waals surface area contributed by atoms with Gasteiger partial charge in [-0.1, -0.05) is 50.4 Å². The molecule has 0 aliphatic carbocycles. The summed E-state index contributed by atoms with van der Waals surface area (Å²) in [5, 5.41) is 4.41. The van der Waals surface area contributed by atoms with Crippen LogP contribution in [0.4, 0.5) is 0 Å². The van der Waals surface area contributed by atoms with Gasteiger partial charge in [-0.25, -0.2) is 0 Å². The molecule has 90 valence electrons. The van der Waals surface area contributed by atoms with Crippen molar-refractivity contribution in [1.82, 2.24) is 5.32 Å². The molecule has 16 heavy (non-hydrogen) atoms. The summed E-state index contributed by atoms with van der Waals surface area (Å²) in [5.41, 5.74) is 1.34. The Balaban J connectivity index is 2.44. The predicted molar refractivity (Wildman–Crippen MR) is 72.0 cm³/mol. The van der Waals surface area contributed by atoms with Crippen LogP contribution in [0.1, 0.15) is 51.1 Å². The van der Waals surface area contributed by atoms with Crippen molar-refractivity contribution in [3.63, 3.8) is 0 Å². The van der Waals surface area contributed by atoms with E-state index in [0.717, 1.165) is 18.0 Å². The molecule has 1 atom stereocenters. The SMILES string of the molecule is CCCCCNC(CC)c1ccc(Cl)cc1. The minimum atomic E-state index is 0.467. The van der Waals surface area contributed by atoms with E-state index in [1.807, 2.05) is 12.1 Å². The second-order valence-electron chi connectivity index (χ2n) is 4.17. The minimum Gasteiger partial charge on any atom is -0.310 e. The maximum Gasteiger partial charge on any atom is 0.0406 e. The Morgan fingerprint density at radius 1 is 1.12 bits per heavy atom. The summed E-state index contributed by atoms with van der Waals surface area (Å²) in [7, 11) is 0. The van der Waals surface area contributed by atoms with Gasteiger partial charge in [0.15, 0.2) is 0 Å². The Morgan fingerprint density at radius 3 is 2.38 bits per heavy atom. The summed E-state index contributed by atoms with van der Waals surface area (Å²) in [4.78, 5) is 0. The van der Waals surface area contributed by atoms with E-state index in [0.29, 0.717) is 6.04 Å². The van der Waals surface area contributed by atoms with E-state index >= 15 is 0 Å². The number of hydrogen-bond donors (Lipinski definition) is 1. The molecule has 1 rings (SSSR count). The molecule has 0 aromatic heterocycles. The molecule has 0 saturated heterocycles. The topological polar surface area (TPSA) is 12.0 Å². The smallest absolute Gasteiger partial charge is 0.0406 e. The van der Waals surface area contributed by atoms with Crippen molar-refractivity contribution >= 4 is 11.6 Å².